The average Bonchev–Trinajstić information content (AvgIpc) is 2.49. The third kappa shape index (κ3) is 5.79. The summed E-state index contributed by atoms with van der Waals surface area (Å²) in [6.45, 7) is 5.89. The van der Waals surface area contributed by atoms with E-state index in [1.807, 2.05) is 19.9 Å². The van der Waals surface area contributed by atoms with Crippen molar-refractivity contribution in [1.29, 1.82) is 0 Å². The fourth-order valence-electron chi connectivity index (χ4n) is 1.68. The summed E-state index contributed by atoms with van der Waals surface area (Å²) in [6.07, 6.45) is 0.831. The zero-order valence-electron chi connectivity index (χ0n) is 12.7. The first kappa shape index (κ1) is 17.6. The highest BCUT2D eigenvalue weighted by molar-refractivity contribution is 6.31. The van der Waals surface area contributed by atoms with Crippen LogP contribution in [-0.2, 0) is 4.74 Å². The molecular formula is C14H23ClN4O2. The number of nitrogens with two attached hydrogens (primary N) is 1. The number of hydrazine groups is 1. The minimum Gasteiger partial charge on any atom is -0.495 e. The number of aliphatic imine (C=N–C) groups is 1. The maximum atomic E-state index is 6.07. The van der Waals surface area contributed by atoms with Crippen LogP contribution in [0.2, 0.25) is 5.02 Å². The lowest BCUT2D eigenvalue weighted by atomic mass is 10.2. The number of nitrogens with one attached hydrogen (secondary N) is 2. The molecule has 1 aromatic rings. The number of halogens is 1. The van der Waals surface area contributed by atoms with Gasteiger partial charge in [-0.25, -0.2) is 5.84 Å². The second-order valence-electron chi connectivity index (χ2n) is 4.35. The number of guanidine groups is 1. The van der Waals surface area contributed by atoms with Gasteiger partial charge in [-0.3, -0.25) is 10.4 Å². The van der Waals surface area contributed by atoms with E-state index in [0.29, 0.717) is 36.5 Å². The summed E-state index contributed by atoms with van der Waals surface area (Å²) in [7, 11) is 1.58. The van der Waals surface area contributed by atoms with E-state index >= 15 is 0 Å². The smallest absolute Gasteiger partial charge is 0.210 e. The molecule has 0 aliphatic heterocycles. The zero-order valence-corrected chi connectivity index (χ0v) is 13.5. The molecule has 118 valence electrons. The summed E-state index contributed by atoms with van der Waals surface area (Å²) in [5.74, 6) is 6.57. The molecule has 0 unspecified atom stereocenters. The lowest BCUT2D eigenvalue weighted by Gasteiger charge is -2.14. The number of ether oxygens (including phenoxy) is 2. The molecule has 0 fully saturated rings. The minimum atomic E-state index is 0.464. The third-order valence-corrected chi connectivity index (χ3v) is 3.20. The van der Waals surface area contributed by atoms with Gasteiger partial charge in [-0.1, -0.05) is 11.6 Å². The van der Waals surface area contributed by atoms with Crippen LogP contribution in [0.4, 0.5) is 5.69 Å². The van der Waals surface area contributed by atoms with Crippen molar-refractivity contribution in [3.05, 3.63) is 22.7 Å². The Morgan fingerprint density at radius 2 is 2.19 bits per heavy atom. The molecule has 1 rings (SSSR count). The van der Waals surface area contributed by atoms with Crippen molar-refractivity contribution in [3.8, 4) is 5.75 Å². The molecule has 0 aliphatic carbocycles. The highest BCUT2D eigenvalue weighted by Gasteiger charge is 2.08. The van der Waals surface area contributed by atoms with Crippen LogP contribution in [-0.4, -0.2) is 32.8 Å². The summed E-state index contributed by atoms with van der Waals surface area (Å²) in [5, 5.41) is 3.74. The molecule has 0 saturated heterocycles. The number of anilines is 1. The highest BCUT2D eigenvalue weighted by Crippen LogP contribution is 2.30. The topological polar surface area (TPSA) is 80.9 Å². The van der Waals surface area contributed by atoms with E-state index < -0.39 is 0 Å². The van der Waals surface area contributed by atoms with Gasteiger partial charge in [-0.15, -0.1) is 0 Å². The van der Waals surface area contributed by atoms with E-state index in [2.05, 4.69) is 15.7 Å². The molecule has 7 heteroatoms. The molecule has 0 spiro atoms. The van der Waals surface area contributed by atoms with Crippen LogP contribution in [0.1, 0.15) is 18.9 Å². The first-order valence-corrected chi connectivity index (χ1v) is 7.20. The second kappa shape index (κ2) is 9.44. The van der Waals surface area contributed by atoms with Crippen LogP contribution in [0.25, 0.3) is 0 Å². The lowest BCUT2D eigenvalue weighted by Crippen LogP contribution is -2.36. The molecule has 0 radical (unpaired) electrons. The molecule has 1 aromatic carbocycles. The Bertz CT molecular complexity index is 480. The van der Waals surface area contributed by atoms with E-state index in [1.165, 1.54) is 0 Å². The predicted molar refractivity (Wildman–Crippen MR) is 87.1 cm³/mol. The quantitative estimate of drug-likeness (QED) is 0.237. The van der Waals surface area contributed by atoms with Crippen molar-refractivity contribution in [1.82, 2.24) is 5.43 Å². The first-order valence-electron chi connectivity index (χ1n) is 6.82. The number of methoxy groups -OCH3 is 1. The van der Waals surface area contributed by atoms with Crippen molar-refractivity contribution in [2.75, 3.05) is 32.2 Å². The Hall–Kier alpha value is -1.50. The Morgan fingerprint density at radius 1 is 1.43 bits per heavy atom. The van der Waals surface area contributed by atoms with Crippen molar-refractivity contribution in [2.24, 2.45) is 10.8 Å². The van der Waals surface area contributed by atoms with Crippen LogP contribution in [0.15, 0.2) is 17.1 Å². The second-order valence-corrected chi connectivity index (χ2v) is 4.76. The van der Waals surface area contributed by atoms with E-state index in [-0.39, 0.29) is 0 Å². The van der Waals surface area contributed by atoms with Gasteiger partial charge in [0.05, 0.1) is 12.8 Å². The van der Waals surface area contributed by atoms with Crippen molar-refractivity contribution >= 4 is 23.2 Å². The molecule has 21 heavy (non-hydrogen) atoms. The van der Waals surface area contributed by atoms with Gasteiger partial charge in [0.1, 0.15) is 5.75 Å². The molecule has 0 amide bonds. The monoisotopic (exact) mass is 314 g/mol. The number of hydrogen-bond acceptors (Lipinski definition) is 4. The maximum Gasteiger partial charge on any atom is 0.210 e. The molecule has 0 heterocycles. The molecule has 6 nitrogen and oxygen atoms in total. The van der Waals surface area contributed by atoms with Crippen LogP contribution in [0.3, 0.4) is 0 Å². The van der Waals surface area contributed by atoms with Gasteiger partial charge >= 0.3 is 0 Å². The summed E-state index contributed by atoms with van der Waals surface area (Å²) in [5.41, 5.74) is 4.22. The summed E-state index contributed by atoms with van der Waals surface area (Å²) >= 11 is 6.07. The largest absolute Gasteiger partial charge is 0.495 e. The number of nitrogens with zero attached hydrogens (tertiary/aromatic N) is 1. The first-order chi connectivity index (χ1) is 10.1. The molecule has 4 N–H and O–H groups in total. The Labute approximate surface area is 130 Å². The molecular weight excluding hydrogens is 292 g/mol. The third-order valence-electron chi connectivity index (χ3n) is 2.79. The van der Waals surface area contributed by atoms with E-state index in [9.17, 15) is 0 Å². The van der Waals surface area contributed by atoms with Gasteiger partial charge in [-0.2, -0.15) is 0 Å². The Kier molecular flexibility index (Phi) is 7.89. The van der Waals surface area contributed by atoms with E-state index in [0.717, 1.165) is 17.7 Å². The minimum absolute atomic E-state index is 0.464. The van der Waals surface area contributed by atoms with Crippen LogP contribution >= 0.6 is 11.6 Å². The van der Waals surface area contributed by atoms with Crippen molar-refractivity contribution in [3.63, 3.8) is 0 Å². The van der Waals surface area contributed by atoms with Crippen molar-refractivity contribution in [2.45, 2.75) is 20.3 Å². The van der Waals surface area contributed by atoms with E-state index in [1.54, 1.807) is 13.2 Å². The van der Waals surface area contributed by atoms with Crippen LogP contribution < -0.4 is 21.3 Å². The fourth-order valence-corrected chi connectivity index (χ4v) is 1.83. The van der Waals surface area contributed by atoms with Gasteiger partial charge in [0.2, 0.25) is 5.96 Å². The van der Waals surface area contributed by atoms with Gasteiger partial charge < -0.3 is 14.8 Å². The standard InChI is InChI=1S/C14H23ClN4O2/c1-4-21-7-5-6-17-14(19-16)18-12-8-10(2)11(15)9-13(12)20-3/h8-9H,4-7,16H2,1-3H3,(H2,17,18,19). The number of aryl methyl sites for hydroxylation is 1. The molecule has 0 bridgehead atoms. The number of rotatable bonds is 7. The van der Waals surface area contributed by atoms with Gasteiger partial charge in [-0.05, 0) is 31.9 Å². The fraction of sp³-hybridized carbons (Fsp3) is 0.500. The van der Waals surface area contributed by atoms with Gasteiger partial charge in [0, 0.05) is 30.8 Å². The lowest BCUT2D eigenvalue weighted by molar-refractivity contribution is 0.146. The Balaban J connectivity index is 2.72. The molecule has 0 atom stereocenters. The van der Waals surface area contributed by atoms with Crippen LogP contribution in [0, 0.1) is 6.92 Å². The summed E-state index contributed by atoms with van der Waals surface area (Å²) in [4.78, 5) is 4.34. The Morgan fingerprint density at radius 3 is 2.81 bits per heavy atom. The maximum absolute atomic E-state index is 6.07. The van der Waals surface area contributed by atoms with Gasteiger partial charge in [0.15, 0.2) is 0 Å². The molecule has 0 aliphatic rings. The summed E-state index contributed by atoms with van der Waals surface area (Å²) < 4.78 is 10.6. The SMILES string of the molecule is CCOCCCN=C(NN)Nc1cc(C)c(Cl)cc1OC. The van der Waals surface area contributed by atoms with E-state index in [4.69, 9.17) is 26.9 Å². The highest BCUT2D eigenvalue weighted by atomic mass is 35.5. The summed E-state index contributed by atoms with van der Waals surface area (Å²) in [6, 6.07) is 3.64. The number of benzene rings is 1. The molecule has 0 saturated carbocycles. The van der Waals surface area contributed by atoms with Gasteiger partial charge in [0.25, 0.3) is 0 Å². The van der Waals surface area contributed by atoms with Crippen molar-refractivity contribution < 1.29 is 9.47 Å². The molecule has 0 aromatic heterocycles. The average molecular weight is 315 g/mol. The normalized spacial score (nSPS) is 11.4. The van der Waals surface area contributed by atoms with Crippen LogP contribution in [0.5, 0.6) is 5.75 Å². The number of hydrogen-bond donors (Lipinski definition) is 3. The zero-order chi connectivity index (χ0) is 15.7. The predicted octanol–water partition coefficient (Wildman–Crippen LogP) is 2.31.